The van der Waals surface area contributed by atoms with Crippen LogP contribution < -0.4 is 0 Å². The highest BCUT2D eigenvalue weighted by Crippen LogP contribution is 2.21. The van der Waals surface area contributed by atoms with Crippen molar-refractivity contribution in [1.82, 2.24) is 24.4 Å². The van der Waals surface area contributed by atoms with Crippen LogP contribution in [0.3, 0.4) is 0 Å². The van der Waals surface area contributed by atoms with Crippen molar-refractivity contribution in [1.29, 1.82) is 0 Å². The van der Waals surface area contributed by atoms with Gasteiger partial charge in [-0.1, -0.05) is 32.4 Å². The minimum absolute atomic E-state index is 0.189. The van der Waals surface area contributed by atoms with E-state index in [-0.39, 0.29) is 5.41 Å². The van der Waals surface area contributed by atoms with Gasteiger partial charge in [-0.2, -0.15) is 10.2 Å². The zero-order chi connectivity index (χ0) is 14.3. The SMILES string of the molecule is CC(C)(C)Cn1cc(-c2ccc3ncc(Cl)n3n2)cn1. The number of fused-ring (bicyclic) bond motifs is 1. The van der Waals surface area contributed by atoms with E-state index in [2.05, 4.69) is 36.0 Å². The highest BCUT2D eigenvalue weighted by atomic mass is 35.5. The molecule has 3 aromatic rings. The predicted molar refractivity (Wildman–Crippen MR) is 78.7 cm³/mol. The number of hydrogen-bond donors (Lipinski definition) is 0. The molecular formula is C14H16ClN5. The van der Waals surface area contributed by atoms with Gasteiger partial charge in [0.15, 0.2) is 10.8 Å². The molecule has 0 fully saturated rings. The lowest BCUT2D eigenvalue weighted by molar-refractivity contribution is 0.325. The number of rotatable bonds is 2. The Morgan fingerprint density at radius 3 is 2.75 bits per heavy atom. The fourth-order valence-corrected chi connectivity index (χ4v) is 2.24. The van der Waals surface area contributed by atoms with Crippen LogP contribution in [0.5, 0.6) is 0 Å². The van der Waals surface area contributed by atoms with Crippen molar-refractivity contribution in [2.75, 3.05) is 0 Å². The van der Waals surface area contributed by atoms with Crippen molar-refractivity contribution in [2.45, 2.75) is 27.3 Å². The number of aromatic nitrogens is 5. The van der Waals surface area contributed by atoms with Crippen molar-refractivity contribution >= 4 is 17.2 Å². The molecule has 0 aromatic carbocycles. The predicted octanol–water partition coefficient (Wildman–Crippen LogP) is 3.29. The lowest BCUT2D eigenvalue weighted by atomic mass is 9.97. The maximum Gasteiger partial charge on any atom is 0.155 e. The first-order chi connectivity index (χ1) is 9.42. The Hall–Kier alpha value is -1.88. The van der Waals surface area contributed by atoms with Gasteiger partial charge in [-0.15, -0.1) is 0 Å². The first kappa shape index (κ1) is 13.1. The van der Waals surface area contributed by atoms with Crippen molar-refractivity contribution in [3.05, 3.63) is 35.9 Å². The first-order valence-corrected chi connectivity index (χ1v) is 6.83. The quantitative estimate of drug-likeness (QED) is 0.727. The van der Waals surface area contributed by atoms with E-state index in [0.29, 0.717) is 5.15 Å². The molecule has 0 radical (unpaired) electrons. The van der Waals surface area contributed by atoms with Gasteiger partial charge in [0, 0.05) is 18.3 Å². The normalized spacial score (nSPS) is 12.2. The molecule has 0 N–H and O–H groups in total. The highest BCUT2D eigenvalue weighted by molar-refractivity contribution is 6.29. The summed E-state index contributed by atoms with van der Waals surface area (Å²) in [7, 11) is 0. The Labute approximate surface area is 122 Å². The molecule has 0 atom stereocenters. The lowest BCUT2D eigenvalue weighted by Crippen LogP contribution is -2.15. The summed E-state index contributed by atoms with van der Waals surface area (Å²) in [5.74, 6) is 0. The molecule has 0 amide bonds. The van der Waals surface area contributed by atoms with Crippen LogP contribution in [-0.4, -0.2) is 24.4 Å². The Balaban J connectivity index is 1.96. The number of imidazole rings is 1. The zero-order valence-corrected chi connectivity index (χ0v) is 12.5. The van der Waals surface area contributed by atoms with Gasteiger partial charge in [0.1, 0.15) is 0 Å². The average Bonchev–Trinajstić information content (AvgIpc) is 2.95. The Morgan fingerprint density at radius 1 is 1.20 bits per heavy atom. The molecular weight excluding hydrogens is 274 g/mol. The van der Waals surface area contributed by atoms with E-state index in [4.69, 9.17) is 11.6 Å². The fraction of sp³-hybridized carbons (Fsp3) is 0.357. The molecule has 0 aliphatic rings. The third kappa shape index (κ3) is 2.54. The number of halogens is 1. The largest absolute Gasteiger partial charge is 0.272 e. The third-order valence-electron chi connectivity index (χ3n) is 2.89. The average molecular weight is 290 g/mol. The number of nitrogens with zero attached hydrogens (tertiary/aromatic N) is 5. The maximum absolute atomic E-state index is 6.04. The van der Waals surface area contributed by atoms with Crippen LogP contribution in [0.1, 0.15) is 20.8 Å². The zero-order valence-electron chi connectivity index (χ0n) is 11.7. The van der Waals surface area contributed by atoms with Crippen molar-refractivity contribution in [3.63, 3.8) is 0 Å². The van der Waals surface area contributed by atoms with Crippen molar-refractivity contribution in [2.24, 2.45) is 5.41 Å². The third-order valence-corrected chi connectivity index (χ3v) is 3.14. The van der Waals surface area contributed by atoms with Crippen LogP contribution in [0.25, 0.3) is 16.9 Å². The Morgan fingerprint density at radius 2 is 2.00 bits per heavy atom. The van der Waals surface area contributed by atoms with Gasteiger partial charge >= 0.3 is 0 Å². The lowest BCUT2D eigenvalue weighted by Gasteiger charge is -2.17. The van der Waals surface area contributed by atoms with Crippen LogP contribution in [0.4, 0.5) is 0 Å². The standard InChI is InChI=1S/C14H16ClN5/c1-14(2,3)9-19-8-10(6-17-19)11-4-5-13-16-7-12(15)20(13)18-11/h4-8H,9H2,1-3H3. The van der Waals surface area contributed by atoms with Crippen LogP contribution in [0, 0.1) is 5.41 Å². The van der Waals surface area contributed by atoms with Crippen molar-refractivity contribution < 1.29 is 0 Å². The summed E-state index contributed by atoms with van der Waals surface area (Å²) < 4.78 is 3.56. The van der Waals surface area contributed by atoms with Gasteiger partial charge in [0.2, 0.25) is 0 Å². The van der Waals surface area contributed by atoms with Gasteiger partial charge < -0.3 is 0 Å². The first-order valence-electron chi connectivity index (χ1n) is 6.45. The Bertz CT molecular complexity index is 750. The second-order valence-electron chi connectivity index (χ2n) is 6.06. The summed E-state index contributed by atoms with van der Waals surface area (Å²) in [4.78, 5) is 4.15. The highest BCUT2D eigenvalue weighted by Gasteiger charge is 2.13. The van der Waals surface area contributed by atoms with E-state index in [1.165, 1.54) is 0 Å². The second-order valence-corrected chi connectivity index (χ2v) is 6.44. The van der Waals surface area contributed by atoms with Crippen LogP contribution >= 0.6 is 11.6 Å². The smallest absolute Gasteiger partial charge is 0.155 e. The van der Waals surface area contributed by atoms with E-state index >= 15 is 0 Å². The van der Waals surface area contributed by atoms with Gasteiger partial charge in [-0.3, -0.25) is 4.68 Å². The molecule has 3 heterocycles. The minimum Gasteiger partial charge on any atom is -0.272 e. The molecule has 3 aromatic heterocycles. The Kier molecular flexibility index (Phi) is 3.01. The van der Waals surface area contributed by atoms with E-state index in [0.717, 1.165) is 23.4 Å². The van der Waals surface area contributed by atoms with E-state index in [9.17, 15) is 0 Å². The summed E-state index contributed by atoms with van der Waals surface area (Å²) in [6.07, 6.45) is 5.42. The van der Waals surface area contributed by atoms with Crippen LogP contribution in [0.15, 0.2) is 30.7 Å². The molecule has 0 bridgehead atoms. The van der Waals surface area contributed by atoms with E-state index in [1.807, 2.05) is 29.2 Å². The molecule has 6 heteroatoms. The summed E-state index contributed by atoms with van der Waals surface area (Å²) in [6, 6.07) is 3.83. The van der Waals surface area contributed by atoms with E-state index in [1.54, 1.807) is 10.7 Å². The minimum atomic E-state index is 0.189. The maximum atomic E-state index is 6.04. The molecule has 0 saturated heterocycles. The summed E-state index contributed by atoms with van der Waals surface area (Å²) in [5, 5.41) is 9.37. The second kappa shape index (κ2) is 4.59. The van der Waals surface area contributed by atoms with Crippen LogP contribution in [-0.2, 0) is 6.54 Å². The molecule has 20 heavy (non-hydrogen) atoms. The van der Waals surface area contributed by atoms with Gasteiger partial charge in [0.05, 0.1) is 18.1 Å². The van der Waals surface area contributed by atoms with Crippen molar-refractivity contribution in [3.8, 4) is 11.3 Å². The van der Waals surface area contributed by atoms with Gasteiger partial charge in [-0.05, 0) is 17.5 Å². The summed E-state index contributed by atoms with van der Waals surface area (Å²) in [5.41, 5.74) is 2.73. The molecule has 104 valence electrons. The summed E-state index contributed by atoms with van der Waals surface area (Å²) >= 11 is 6.04. The molecule has 0 spiro atoms. The monoisotopic (exact) mass is 289 g/mol. The molecule has 0 aliphatic carbocycles. The van der Waals surface area contributed by atoms with Crippen LogP contribution in [0.2, 0.25) is 5.15 Å². The molecule has 3 rings (SSSR count). The summed E-state index contributed by atoms with van der Waals surface area (Å²) in [6.45, 7) is 7.42. The van der Waals surface area contributed by atoms with Gasteiger partial charge in [-0.25, -0.2) is 9.50 Å². The topological polar surface area (TPSA) is 48.0 Å². The van der Waals surface area contributed by atoms with Gasteiger partial charge in [0.25, 0.3) is 0 Å². The fourth-order valence-electron chi connectivity index (χ4n) is 2.07. The molecule has 0 aliphatic heterocycles. The molecule has 0 saturated carbocycles. The molecule has 5 nitrogen and oxygen atoms in total. The van der Waals surface area contributed by atoms with E-state index < -0.39 is 0 Å². The number of hydrogen-bond acceptors (Lipinski definition) is 3. The molecule has 0 unspecified atom stereocenters.